The number of hydrogen-bond acceptors (Lipinski definition) is 5. The summed E-state index contributed by atoms with van der Waals surface area (Å²) in [7, 11) is 0. The van der Waals surface area contributed by atoms with Gasteiger partial charge in [-0.2, -0.15) is 18.3 Å². The number of ether oxygens (including phenoxy) is 1. The van der Waals surface area contributed by atoms with Gasteiger partial charge in [-0.1, -0.05) is 0 Å². The van der Waals surface area contributed by atoms with Crippen LogP contribution in [0.25, 0.3) is 0 Å². The van der Waals surface area contributed by atoms with Gasteiger partial charge >= 0.3 is 12.1 Å². The number of hydrogen-bond donors (Lipinski definition) is 1. The molecule has 0 aliphatic heterocycles. The number of esters is 1. The van der Waals surface area contributed by atoms with Crippen LogP contribution in [0, 0.1) is 5.82 Å². The van der Waals surface area contributed by atoms with Crippen LogP contribution in [0.2, 0.25) is 0 Å². The van der Waals surface area contributed by atoms with Crippen molar-refractivity contribution in [3.05, 3.63) is 29.6 Å². The minimum Gasteiger partial charge on any atom is -0.461 e. The number of anilines is 1. The number of aldehydes is 1. The van der Waals surface area contributed by atoms with Crippen molar-refractivity contribution >= 4 is 23.7 Å². The van der Waals surface area contributed by atoms with Gasteiger partial charge in [0.05, 0.1) is 17.9 Å². The van der Waals surface area contributed by atoms with Crippen LogP contribution in [-0.2, 0) is 20.5 Å². The minimum absolute atomic E-state index is 0.0145. The van der Waals surface area contributed by atoms with Crippen LogP contribution in [0.4, 0.5) is 23.2 Å². The average molecular weight is 306 g/mol. The lowest BCUT2D eigenvalue weighted by Gasteiger charge is -2.09. The maximum atomic E-state index is 13.3. The van der Waals surface area contributed by atoms with Gasteiger partial charge in [-0.3, -0.25) is 10.2 Å². The number of nitrogens with zero attached hydrogens (tertiary/aromatic N) is 1. The van der Waals surface area contributed by atoms with Crippen molar-refractivity contribution in [3.63, 3.8) is 0 Å². The summed E-state index contributed by atoms with van der Waals surface area (Å²) in [4.78, 5) is 21.8. The van der Waals surface area contributed by atoms with Crippen molar-refractivity contribution in [1.82, 2.24) is 0 Å². The van der Waals surface area contributed by atoms with E-state index < -0.39 is 29.2 Å². The Morgan fingerprint density at radius 2 is 2.10 bits per heavy atom. The molecule has 0 amide bonds. The van der Waals surface area contributed by atoms with E-state index in [0.717, 1.165) is 6.07 Å². The highest BCUT2D eigenvalue weighted by Crippen LogP contribution is 2.32. The van der Waals surface area contributed by atoms with Crippen molar-refractivity contribution in [2.45, 2.75) is 13.1 Å². The Bertz CT molecular complexity index is 570. The second kappa shape index (κ2) is 6.82. The number of nitrogens with one attached hydrogen (secondary N) is 1. The van der Waals surface area contributed by atoms with Gasteiger partial charge in [0.2, 0.25) is 5.71 Å². The number of carbonyl (C=O) groups excluding carboxylic acids is 2. The van der Waals surface area contributed by atoms with Crippen LogP contribution in [-0.4, -0.2) is 24.6 Å². The van der Waals surface area contributed by atoms with Crippen LogP contribution < -0.4 is 5.43 Å². The monoisotopic (exact) mass is 306 g/mol. The van der Waals surface area contributed by atoms with E-state index in [1.807, 2.05) is 0 Å². The number of alkyl halides is 3. The van der Waals surface area contributed by atoms with Gasteiger partial charge in [0.1, 0.15) is 5.82 Å². The lowest BCUT2D eigenvalue weighted by molar-refractivity contribution is -0.140. The molecule has 9 heteroatoms. The summed E-state index contributed by atoms with van der Waals surface area (Å²) >= 11 is 0. The number of benzene rings is 1. The third-order valence-electron chi connectivity index (χ3n) is 2.18. The predicted molar refractivity (Wildman–Crippen MR) is 65.2 cm³/mol. The number of rotatable bonds is 5. The Hall–Kier alpha value is -2.45. The molecule has 114 valence electrons. The number of hydrazone groups is 1. The summed E-state index contributed by atoms with van der Waals surface area (Å²) in [6, 6.07) is 1.96. The van der Waals surface area contributed by atoms with Gasteiger partial charge < -0.3 is 4.74 Å². The van der Waals surface area contributed by atoms with Crippen LogP contribution >= 0.6 is 0 Å². The van der Waals surface area contributed by atoms with Gasteiger partial charge in [0.25, 0.3) is 0 Å². The van der Waals surface area contributed by atoms with Gasteiger partial charge in [-0.05, 0) is 25.1 Å². The predicted octanol–water partition coefficient (Wildman–Crippen LogP) is 2.37. The molecule has 0 heterocycles. The molecule has 1 aromatic rings. The topological polar surface area (TPSA) is 67.8 Å². The molecule has 0 saturated heterocycles. The van der Waals surface area contributed by atoms with Gasteiger partial charge in [0.15, 0.2) is 6.29 Å². The molecule has 0 saturated carbocycles. The molecule has 0 spiro atoms. The van der Waals surface area contributed by atoms with E-state index >= 15 is 0 Å². The molecule has 0 aliphatic rings. The van der Waals surface area contributed by atoms with Gasteiger partial charge in [-0.15, -0.1) is 0 Å². The average Bonchev–Trinajstić information content (AvgIpc) is 2.38. The third-order valence-corrected chi connectivity index (χ3v) is 2.18. The zero-order chi connectivity index (χ0) is 16.0. The first-order valence-corrected chi connectivity index (χ1v) is 5.62. The maximum absolute atomic E-state index is 13.3. The molecule has 0 aliphatic carbocycles. The van der Waals surface area contributed by atoms with Crippen LogP contribution in [0.15, 0.2) is 23.3 Å². The molecule has 21 heavy (non-hydrogen) atoms. The van der Waals surface area contributed by atoms with E-state index in [-0.39, 0.29) is 18.6 Å². The lowest BCUT2D eigenvalue weighted by atomic mass is 10.2. The summed E-state index contributed by atoms with van der Waals surface area (Å²) in [5, 5.41) is 3.34. The van der Waals surface area contributed by atoms with E-state index in [9.17, 15) is 27.2 Å². The highest BCUT2D eigenvalue weighted by molar-refractivity contribution is 6.58. The molecular weight excluding hydrogens is 296 g/mol. The quantitative estimate of drug-likeness (QED) is 0.226. The fourth-order valence-corrected chi connectivity index (χ4v) is 1.26. The van der Waals surface area contributed by atoms with E-state index in [2.05, 4.69) is 15.3 Å². The summed E-state index contributed by atoms with van der Waals surface area (Å²) in [6.07, 6.45) is -4.71. The summed E-state index contributed by atoms with van der Waals surface area (Å²) in [5.41, 5.74) is -0.120. The van der Waals surface area contributed by atoms with E-state index in [4.69, 9.17) is 0 Å². The van der Waals surface area contributed by atoms with Crippen molar-refractivity contribution in [2.24, 2.45) is 5.10 Å². The molecule has 0 aromatic heterocycles. The van der Waals surface area contributed by atoms with Gasteiger partial charge in [-0.25, -0.2) is 9.18 Å². The van der Waals surface area contributed by atoms with E-state index in [0.29, 0.717) is 12.1 Å². The van der Waals surface area contributed by atoms with Crippen LogP contribution in [0.1, 0.15) is 12.5 Å². The Morgan fingerprint density at radius 1 is 1.43 bits per heavy atom. The molecule has 1 N–H and O–H groups in total. The SMILES string of the molecule is CCOC(=O)/C(C=O)=N\Nc1ccc(C(F)(F)F)c(F)c1. The molecule has 0 atom stereocenters. The molecule has 0 unspecified atom stereocenters. The van der Waals surface area contributed by atoms with Crippen LogP contribution in [0.3, 0.4) is 0 Å². The fraction of sp³-hybridized carbons (Fsp3) is 0.250. The normalized spacial score (nSPS) is 12.0. The maximum Gasteiger partial charge on any atom is 0.419 e. The zero-order valence-corrected chi connectivity index (χ0v) is 10.7. The smallest absolute Gasteiger partial charge is 0.419 e. The van der Waals surface area contributed by atoms with Crippen LogP contribution in [0.5, 0.6) is 0 Å². The largest absolute Gasteiger partial charge is 0.461 e. The Kier molecular flexibility index (Phi) is 5.39. The highest BCUT2D eigenvalue weighted by atomic mass is 19.4. The van der Waals surface area contributed by atoms with Crippen molar-refractivity contribution in [1.29, 1.82) is 0 Å². The first-order valence-electron chi connectivity index (χ1n) is 5.62. The van der Waals surface area contributed by atoms with Gasteiger partial charge in [0, 0.05) is 0 Å². The Balaban J connectivity index is 2.91. The number of carbonyl (C=O) groups is 2. The molecule has 0 fully saturated rings. The zero-order valence-electron chi connectivity index (χ0n) is 10.7. The molecule has 1 aromatic carbocycles. The molecular formula is C12H10F4N2O3. The standard InChI is InChI=1S/C12H10F4N2O3/c1-2-21-11(20)10(6-19)18-17-7-3-4-8(9(13)5-7)12(14,15)16/h3-6,17H,2H2,1H3/b18-10-. The lowest BCUT2D eigenvalue weighted by Crippen LogP contribution is -2.20. The first kappa shape index (κ1) is 16.6. The first-order chi connectivity index (χ1) is 9.79. The number of halogens is 4. The highest BCUT2D eigenvalue weighted by Gasteiger charge is 2.33. The third kappa shape index (κ3) is 4.55. The van der Waals surface area contributed by atoms with Crippen molar-refractivity contribution in [2.75, 3.05) is 12.0 Å². The van der Waals surface area contributed by atoms with Crippen molar-refractivity contribution < 1.29 is 31.9 Å². The summed E-state index contributed by atoms with van der Waals surface area (Å²) in [6.45, 7) is 1.53. The second-order valence-electron chi connectivity index (χ2n) is 3.64. The molecule has 5 nitrogen and oxygen atoms in total. The molecule has 0 radical (unpaired) electrons. The second-order valence-corrected chi connectivity index (χ2v) is 3.64. The Labute approximate surface area is 116 Å². The summed E-state index contributed by atoms with van der Waals surface area (Å²) < 4.78 is 54.8. The van der Waals surface area contributed by atoms with E-state index in [1.54, 1.807) is 0 Å². The Morgan fingerprint density at radius 3 is 2.57 bits per heavy atom. The minimum atomic E-state index is -4.81. The van der Waals surface area contributed by atoms with E-state index in [1.165, 1.54) is 6.92 Å². The fourth-order valence-electron chi connectivity index (χ4n) is 1.26. The summed E-state index contributed by atoms with van der Waals surface area (Å²) in [5.74, 6) is -2.51. The molecule has 1 rings (SSSR count). The molecule has 0 bridgehead atoms. The van der Waals surface area contributed by atoms with Crippen molar-refractivity contribution in [3.8, 4) is 0 Å².